The molecule has 2 aromatic carbocycles. The number of carbonyl (C=O) groups excluding carboxylic acids is 2. The Morgan fingerprint density at radius 3 is 2.75 bits per heavy atom. The molecule has 1 heterocycles. The first-order valence-corrected chi connectivity index (χ1v) is 11.7. The maximum atomic E-state index is 12.3. The normalized spacial score (nSPS) is 10.7. The van der Waals surface area contributed by atoms with Gasteiger partial charge in [0.1, 0.15) is 17.9 Å². The van der Waals surface area contributed by atoms with E-state index in [4.69, 9.17) is 16.4 Å². The molecule has 3 aromatic rings. The lowest BCUT2D eigenvalue weighted by atomic mass is 10.1. The van der Waals surface area contributed by atoms with Crippen LogP contribution in [0.25, 0.3) is 10.9 Å². The zero-order valence-corrected chi connectivity index (χ0v) is 20.1. The van der Waals surface area contributed by atoms with E-state index in [9.17, 15) is 9.59 Å². The average molecular weight is 488 g/mol. The monoisotopic (exact) mass is 487 g/mol. The largest absolute Gasteiger partial charge is 0.491 e. The lowest BCUT2D eigenvalue weighted by Crippen LogP contribution is -2.17. The number of hydroxylamine groups is 1. The standard InChI is InChI=1S/C27H29N5O4/c1-3-10-25(33)31-23-16-21-22(17-24(23)36-14-8-6-5-7-13-26(34)32-35)28-18-29-27(21)30-20-12-9-11-19(4-2)15-20/h2-3,9-12,15-18,35H,5-8,13-14H2,1H3,(H,31,33)(H,32,34)(H,28,29,30)/b10-3+. The molecule has 0 aliphatic heterocycles. The Kier molecular flexibility index (Phi) is 9.79. The minimum atomic E-state index is -0.386. The van der Waals surface area contributed by atoms with Crippen molar-refractivity contribution in [1.29, 1.82) is 0 Å². The number of rotatable bonds is 12. The van der Waals surface area contributed by atoms with E-state index in [1.54, 1.807) is 30.6 Å². The van der Waals surface area contributed by atoms with Crippen molar-refractivity contribution in [3.05, 3.63) is 60.4 Å². The van der Waals surface area contributed by atoms with Crippen LogP contribution in [0.3, 0.4) is 0 Å². The van der Waals surface area contributed by atoms with Crippen molar-refractivity contribution >= 4 is 39.9 Å². The van der Waals surface area contributed by atoms with Crippen molar-refractivity contribution < 1.29 is 19.5 Å². The Labute approximate surface area is 209 Å². The molecule has 0 fully saturated rings. The van der Waals surface area contributed by atoms with Crippen LogP contribution < -0.4 is 20.9 Å². The molecule has 0 aliphatic rings. The number of carbonyl (C=O) groups is 2. The van der Waals surface area contributed by atoms with Crippen LogP contribution >= 0.6 is 0 Å². The molecule has 3 rings (SSSR count). The maximum absolute atomic E-state index is 12.3. The van der Waals surface area contributed by atoms with Crippen molar-refractivity contribution in [2.75, 3.05) is 17.2 Å². The third-order valence-electron chi connectivity index (χ3n) is 5.29. The van der Waals surface area contributed by atoms with Crippen LogP contribution in [-0.4, -0.2) is 33.6 Å². The molecule has 186 valence electrons. The summed E-state index contributed by atoms with van der Waals surface area (Å²) in [6, 6.07) is 11.0. The summed E-state index contributed by atoms with van der Waals surface area (Å²) in [6.45, 7) is 2.20. The molecule has 0 unspecified atom stereocenters. The molecule has 0 radical (unpaired) electrons. The van der Waals surface area contributed by atoms with Gasteiger partial charge in [-0.25, -0.2) is 15.4 Å². The minimum Gasteiger partial charge on any atom is -0.491 e. The van der Waals surface area contributed by atoms with E-state index in [1.807, 2.05) is 24.3 Å². The van der Waals surface area contributed by atoms with Crippen LogP contribution in [0.1, 0.15) is 44.6 Å². The summed E-state index contributed by atoms with van der Waals surface area (Å²) in [6.07, 6.45) is 13.5. The van der Waals surface area contributed by atoms with Gasteiger partial charge in [0.25, 0.3) is 0 Å². The number of terminal acetylenes is 1. The van der Waals surface area contributed by atoms with Gasteiger partial charge in [0.2, 0.25) is 11.8 Å². The number of hydrogen-bond donors (Lipinski definition) is 4. The predicted octanol–water partition coefficient (Wildman–Crippen LogP) is 4.70. The van der Waals surface area contributed by atoms with Gasteiger partial charge >= 0.3 is 0 Å². The van der Waals surface area contributed by atoms with Gasteiger partial charge in [-0.2, -0.15) is 0 Å². The number of amides is 2. The van der Waals surface area contributed by atoms with E-state index in [2.05, 4.69) is 26.5 Å². The summed E-state index contributed by atoms with van der Waals surface area (Å²) in [7, 11) is 0. The molecule has 9 nitrogen and oxygen atoms in total. The van der Waals surface area contributed by atoms with Gasteiger partial charge in [-0.05, 0) is 50.1 Å². The number of nitrogens with one attached hydrogen (secondary N) is 3. The molecule has 36 heavy (non-hydrogen) atoms. The number of fused-ring (bicyclic) bond motifs is 1. The van der Waals surface area contributed by atoms with Crippen LogP contribution in [0.2, 0.25) is 0 Å². The fourth-order valence-electron chi connectivity index (χ4n) is 3.53. The van der Waals surface area contributed by atoms with Crippen LogP contribution in [-0.2, 0) is 9.59 Å². The number of aromatic nitrogens is 2. The van der Waals surface area contributed by atoms with E-state index in [0.717, 1.165) is 30.5 Å². The number of ether oxygens (including phenoxy) is 1. The van der Waals surface area contributed by atoms with Gasteiger partial charge in [0.15, 0.2) is 0 Å². The molecule has 0 aliphatic carbocycles. The molecule has 0 bridgehead atoms. The topological polar surface area (TPSA) is 125 Å². The van der Waals surface area contributed by atoms with E-state index in [1.165, 1.54) is 12.4 Å². The summed E-state index contributed by atoms with van der Waals surface area (Å²) in [5, 5.41) is 15.4. The quantitative estimate of drug-likeness (QED) is 0.0959. The number of unbranched alkanes of at least 4 members (excludes halogenated alkanes) is 3. The first-order chi connectivity index (χ1) is 17.5. The molecule has 0 saturated carbocycles. The number of allylic oxidation sites excluding steroid dienone is 1. The summed E-state index contributed by atoms with van der Waals surface area (Å²) in [5.41, 5.74) is 4.30. The average Bonchev–Trinajstić information content (AvgIpc) is 2.88. The van der Waals surface area contributed by atoms with Crippen LogP contribution in [0.5, 0.6) is 5.75 Å². The second-order valence-corrected chi connectivity index (χ2v) is 7.97. The third kappa shape index (κ3) is 7.55. The van der Waals surface area contributed by atoms with E-state index >= 15 is 0 Å². The Morgan fingerprint density at radius 2 is 1.97 bits per heavy atom. The molecule has 1 aromatic heterocycles. The lowest BCUT2D eigenvalue weighted by molar-refractivity contribution is -0.129. The summed E-state index contributed by atoms with van der Waals surface area (Å²) >= 11 is 0. The highest BCUT2D eigenvalue weighted by atomic mass is 16.5. The molecule has 9 heteroatoms. The number of hydrogen-bond acceptors (Lipinski definition) is 7. The van der Waals surface area contributed by atoms with E-state index < -0.39 is 0 Å². The van der Waals surface area contributed by atoms with Gasteiger partial charge < -0.3 is 15.4 Å². The van der Waals surface area contributed by atoms with E-state index in [-0.39, 0.29) is 18.2 Å². The zero-order chi connectivity index (χ0) is 25.8. The fraction of sp³-hybridized carbons (Fsp3) is 0.259. The highest BCUT2D eigenvalue weighted by Gasteiger charge is 2.13. The van der Waals surface area contributed by atoms with Crippen molar-refractivity contribution in [3.63, 3.8) is 0 Å². The molecule has 0 atom stereocenters. The Morgan fingerprint density at radius 1 is 1.14 bits per heavy atom. The van der Waals surface area contributed by atoms with Crippen molar-refractivity contribution in [3.8, 4) is 18.1 Å². The smallest absolute Gasteiger partial charge is 0.248 e. The Bertz CT molecular complexity index is 1280. The molecular formula is C27H29N5O4. The number of nitrogens with zero attached hydrogens (tertiary/aromatic N) is 2. The second kappa shape index (κ2) is 13.5. The SMILES string of the molecule is C#Cc1cccc(Nc2ncnc3cc(OCCCCCCC(=O)NO)c(NC(=O)/C=C/C)cc23)c1. The summed E-state index contributed by atoms with van der Waals surface area (Å²) in [5.74, 6) is 3.01. The summed E-state index contributed by atoms with van der Waals surface area (Å²) < 4.78 is 6.00. The zero-order valence-electron chi connectivity index (χ0n) is 20.1. The second-order valence-electron chi connectivity index (χ2n) is 7.97. The van der Waals surface area contributed by atoms with Gasteiger partial charge in [-0.15, -0.1) is 6.42 Å². The van der Waals surface area contributed by atoms with Crippen molar-refractivity contribution in [1.82, 2.24) is 15.4 Å². The van der Waals surface area contributed by atoms with Gasteiger partial charge in [0.05, 0.1) is 17.8 Å². The number of benzene rings is 2. The highest BCUT2D eigenvalue weighted by Crippen LogP contribution is 2.33. The first kappa shape index (κ1) is 26.2. The Hall–Kier alpha value is -4.42. The maximum Gasteiger partial charge on any atom is 0.248 e. The van der Waals surface area contributed by atoms with Crippen LogP contribution in [0.15, 0.2) is 54.9 Å². The minimum absolute atomic E-state index is 0.281. The molecule has 2 amide bonds. The third-order valence-corrected chi connectivity index (χ3v) is 5.29. The molecule has 0 saturated heterocycles. The molecule has 4 N–H and O–H groups in total. The molecular weight excluding hydrogens is 458 g/mol. The van der Waals surface area contributed by atoms with Gasteiger partial charge in [-0.1, -0.05) is 30.9 Å². The Balaban J connectivity index is 1.78. The predicted molar refractivity (Wildman–Crippen MR) is 139 cm³/mol. The summed E-state index contributed by atoms with van der Waals surface area (Å²) in [4.78, 5) is 32.1. The van der Waals surface area contributed by atoms with E-state index in [0.29, 0.717) is 41.2 Å². The van der Waals surface area contributed by atoms with Gasteiger partial charge in [0, 0.05) is 29.1 Å². The van der Waals surface area contributed by atoms with Gasteiger partial charge in [-0.3, -0.25) is 14.8 Å². The highest BCUT2D eigenvalue weighted by molar-refractivity contribution is 6.03. The van der Waals surface area contributed by atoms with Crippen LogP contribution in [0, 0.1) is 12.3 Å². The first-order valence-electron chi connectivity index (χ1n) is 11.7. The van der Waals surface area contributed by atoms with Crippen molar-refractivity contribution in [2.24, 2.45) is 0 Å². The lowest BCUT2D eigenvalue weighted by Gasteiger charge is -2.15. The van der Waals surface area contributed by atoms with Crippen LogP contribution in [0.4, 0.5) is 17.2 Å². The fourth-order valence-corrected chi connectivity index (χ4v) is 3.53. The number of anilines is 3. The molecule has 0 spiro atoms. The van der Waals surface area contributed by atoms with Crippen molar-refractivity contribution in [2.45, 2.75) is 39.0 Å².